The monoisotopic (exact) mass is 230 g/mol. The number of halogens is 3. The average Bonchev–Trinajstić information content (AvgIpc) is 2.61. The van der Waals surface area contributed by atoms with Crippen LogP contribution < -0.4 is 5.32 Å². The van der Waals surface area contributed by atoms with Gasteiger partial charge < -0.3 is 9.84 Å². The zero-order valence-electron chi connectivity index (χ0n) is 8.43. The van der Waals surface area contributed by atoms with Crippen molar-refractivity contribution in [1.29, 1.82) is 0 Å². The fraction of sp³-hybridized carbons (Fsp3) is 0.300. The topological polar surface area (TPSA) is 38.1 Å². The fourth-order valence-electron chi connectivity index (χ4n) is 1.53. The zero-order valence-corrected chi connectivity index (χ0v) is 8.43. The van der Waals surface area contributed by atoms with Crippen LogP contribution in [0.4, 0.5) is 13.2 Å². The Balaban J connectivity index is 2.62. The van der Waals surface area contributed by atoms with Gasteiger partial charge in [0.1, 0.15) is 5.52 Å². The lowest BCUT2D eigenvalue weighted by molar-refractivity contribution is -0.136. The van der Waals surface area contributed by atoms with Crippen molar-refractivity contribution in [2.45, 2.75) is 12.7 Å². The van der Waals surface area contributed by atoms with E-state index in [0.717, 1.165) is 6.07 Å². The molecule has 6 heteroatoms. The number of hydrogen-bond donors (Lipinski definition) is 1. The Morgan fingerprint density at radius 1 is 1.38 bits per heavy atom. The Bertz CT molecular complexity index is 504. The van der Waals surface area contributed by atoms with Crippen LogP contribution in [-0.2, 0) is 12.7 Å². The summed E-state index contributed by atoms with van der Waals surface area (Å²) < 4.78 is 42.7. The summed E-state index contributed by atoms with van der Waals surface area (Å²) in [6, 6.07) is 3.91. The highest BCUT2D eigenvalue weighted by atomic mass is 19.4. The van der Waals surface area contributed by atoms with Crippen molar-refractivity contribution in [3.8, 4) is 0 Å². The molecular formula is C10H9F3N2O. The molecule has 0 aliphatic heterocycles. The average molecular weight is 230 g/mol. The smallest absolute Gasteiger partial charge is 0.359 e. The maximum Gasteiger partial charge on any atom is 0.418 e. The molecule has 0 amide bonds. The molecule has 0 aliphatic rings. The van der Waals surface area contributed by atoms with Gasteiger partial charge in [0.25, 0.3) is 0 Å². The first-order valence-electron chi connectivity index (χ1n) is 4.63. The standard InChI is InChI=1S/C10H9F3N2O/c1-14-5-8-6-3-2-4-7(10(11,12)13)9(6)15-16-8/h2-4,14H,5H2,1H3. The lowest BCUT2D eigenvalue weighted by Gasteiger charge is -2.05. The highest BCUT2D eigenvalue weighted by Gasteiger charge is 2.34. The summed E-state index contributed by atoms with van der Waals surface area (Å²) in [5.74, 6) is 0.406. The number of alkyl halides is 3. The molecule has 0 atom stereocenters. The Morgan fingerprint density at radius 2 is 2.12 bits per heavy atom. The number of nitrogens with zero attached hydrogens (tertiary/aromatic N) is 1. The van der Waals surface area contributed by atoms with E-state index in [-0.39, 0.29) is 5.52 Å². The first-order valence-corrected chi connectivity index (χ1v) is 4.63. The first kappa shape index (κ1) is 10.9. The van der Waals surface area contributed by atoms with Crippen molar-refractivity contribution in [2.75, 3.05) is 7.05 Å². The maximum atomic E-state index is 12.6. The molecule has 0 fully saturated rings. The third-order valence-electron chi connectivity index (χ3n) is 2.23. The van der Waals surface area contributed by atoms with Gasteiger partial charge in [0.2, 0.25) is 0 Å². The summed E-state index contributed by atoms with van der Waals surface area (Å²) in [4.78, 5) is 0. The van der Waals surface area contributed by atoms with Crippen molar-refractivity contribution in [3.05, 3.63) is 29.5 Å². The lowest BCUT2D eigenvalue weighted by atomic mass is 10.1. The van der Waals surface area contributed by atoms with Crippen LogP contribution in [0.3, 0.4) is 0 Å². The molecule has 3 nitrogen and oxygen atoms in total. The first-order chi connectivity index (χ1) is 7.54. The van der Waals surface area contributed by atoms with Gasteiger partial charge in [-0.15, -0.1) is 0 Å². The van der Waals surface area contributed by atoms with Gasteiger partial charge >= 0.3 is 6.18 Å². The molecule has 0 radical (unpaired) electrons. The van der Waals surface area contributed by atoms with Gasteiger partial charge in [-0.3, -0.25) is 0 Å². The zero-order chi connectivity index (χ0) is 11.8. The largest absolute Gasteiger partial charge is 0.418 e. The normalized spacial score (nSPS) is 12.2. The van der Waals surface area contributed by atoms with Gasteiger partial charge in [-0.25, -0.2) is 0 Å². The van der Waals surface area contributed by atoms with E-state index >= 15 is 0 Å². The Kier molecular flexibility index (Phi) is 2.59. The van der Waals surface area contributed by atoms with Gasteiger partial charge in [0.15, 0.2) is 5.76 Å². The summed E-state index contributed by atoms with van der Waals surface area (Å²) >= 11 is 0. The van der Waals surface area contributed by atoms with Crippen LogP contribution >= 0.6 is 0 Å². The minimum absolute atomic E-state index is 0.139. The molecule has 0 aliphatic carbocycles. The van der Waals surface area contributed by atoms with Crippen LogP contribution in [0.1, 0.15) is 11.3 Å². The van der Waals surface area contributed by atoms with E-state index in [0.29, 0.717) is 17.7 Å². The van der Waals surface area contributed by atoms with E-state index in [9.17, 15) is 13.2 Å². The second-order valence-corrected chi connectivity index (χ2v) is 3.34. The third-order valence-corrected chi connectivity index (χ3v) is 2.23. The van der Waals surface area contributed by atoms with Crippen LogP contribution in [0.5, 0.6) is 0 Å². The summed E-state index contributed by atoms with van der Waals surface area (Å²) in [7, 11) is 1.68. The van der Waals surface area contributed by atoms with Crippen LogP contribution in [0.2, 0.25) is 0 Å². The maximum absolute atomic E-state index is 12.6. The molecule has 86 valence electrons. The molecule has 1 N–H and O–H groups in total. The summed E-state index contributed by atoms with van der Waals surface area (Å²) in [5.41, 5.74) is -0.906. The van der Waals surface area contributed by atoms with Gasteiger partial charge in [0.05, 0.1) is 12.1 Å². The predicted octanol–water partition coefficient (Wildman–Crippen LogP) is 2.57. The van der Waals surface area contributed by atoms with Crippen molar-refractivity contribution in [1.82, 2.24) is 10.5 Å². The Morgan fingerprint density at radius 3 is 2.75 bits per heavy atom. The molecule has 0 spiro atoms. The lowest BCUT2D eigenvalue weighted by Crippen LogP contribution is -2.06. The van der Waals surface area contributed by atoms with Crippen LogP contribution in [0.15, 0.2) is 22.7 Å². The van der Waals surface area contributed by atoms with Crippen LogP contribution in [0.25, 0.3) is 10.9 Å². The molecular weight excluding hydrogens is 221 g/mol. The minimum Gasteiger partial charge on any atom is -0.359 e. The number of benzene rings is 1. The summed E-state index contributed by atoms with van der Waals surface area (Å²) in [6.07, 6.45) is -4.41. The molecule has 0 unspecified atom stereocenters. The van der Waals surface area contributed by atoms with E-state index in [1.165, 1.54) is 6.07 Å². The molecule has 0 saturated carbocycles. The molecule has 1 aromatic heterocycles. The number of nitrogens with one attached hydrogen (secondary N) is 1. The molecule has 1 heterocycles. The van der Waals surface area contributed by atoms with Crippen LogP contribution in [-0.4, -0.2) is 12.2 Å². The van der Waals surface area contributed by atoms with E-state index < -0.39 is 11.7 Å². The van der Waals surface area contributed by atoms with Crippen molar-refractivity contribution >= 4 is 10.9 Å². The van der Waals surface area contributed by atoms with Gasteiger partial charge in [-0.05, 0) is 19.2 Å². The van der Waals surface area contributed by atoms with E-state index in [2.05, 4.69) is 10.5 Å². The predicted molar refractivity (Wildman–Crippen MR) is 51.8 cm³/mol. The fourth-order valence-corrected chi connectivity index (χ4v) is 1.53. The molecule has 2 aromatic rings. The third kappa shape index (κ3) is 1.76. The summed E-state index contributed by atoms with van der Waals surface area (Å²) in [5, 5.41) is 6.67. The SMILES string of the molecule is CNCc1onc2c(C(F)(F)F)cccc12. The Hall–Kier alpha value is -1.56. The van der Waals surface area contributed by atoms with E-state index in [4.69, 9.17) is 4.52 Å². The van der Waals surface area contributed by atoms with Gasteiger partial charge in [-0.1, -0.05) is 11.2 Å². The van der Waals surface area contributed by atoms with Crippen molar-refractivity contribution in [2.24, 2.45) is 0 Å². The highest BCUT2D eigenvalue weighted by molar-refractivity contribution is 5.83. The van der Waals surface area contributed by atoms with E-state index in [1.807, 2.05) is 0 Å². The van der Waals surface area contributed by atoms with Crippen molar-refractivity contribution in [3.63, 3.8) is 0 Å². The number of aromatic nitrogens is 1. The molecule has 0 bridgehead atoms. The molecule has 16 heavy (non-hydrogen) atoms. The van der Waals surface area contributed by atoms with Crippen LogP contribution in [0, 0.1) is 0 Å². The molecule has 0 saturated heterocycles. The quantitative estimate of drug-likeness (QED) is 0.861. The molecule has 2 rings (SSSR count). The minimum atomic E-state index is -4.41. The van der Waals surface area contributed by atoms with Gasteiger partial charge in [0, 0.05) is 5.39 Å². The van der Waals surface area contributed by atoms with Gasteiger partial charge in [-0.2, -0.15) is 13.2 Å². The number of hydrogen-bond acceptors (Lipinski definition) is 3. The number of fused-ring (bicyclic) bond motifs is 1. The second-order valence-electron chi connectivity index (χ2n) is 3.34. The summed E-state index contributed by atoms with van der Waals surface area (Å²) in [6.45, 7) is 0.345. The second kappa shape index (κ2) is 3.79. The molecule has 1 aromatic carbocycles. The van der Waals surface area contributed by atoms with Crippen molar-refractivity contribution < 1.29 is 17.7 Å². The number of rotatable bonds is 2. The highest BCUT2D eigenvalue weighted by Crippen LogP contribution is 2.34. The Labute approximate surface area is 89.2 Å². The van der Waals surface area contributed by atoms with E-state index in [1.54, 1.807) is 13.1 Å².